The monoisotopic (exact) mass is 337 g/mol. The highest BCUT2D eigenvalue weighted by atomic mass is 19.1. The van der Waals surface area contributed by atoms with Crippen molar-refractivity contribution in [2.75, 3.05) is 14.2 Å². The lowest BCUT2D eigenvalue weighted by atomic mass is 10.2. The molecule has 0 bridgehead atoms. The first-order chi connectivity index (χ1) is 11.2. The van der Waals surface area contributed by atoms with Crippen LogP contribution in [-0.4, -0.2) is 40.9 Å². The van der Waals surface area contributed by atoms with Gasteiger partial charge in [0.1, 0.15) is 12.1 Å². The number of carbonyl (C=O) groups excluding carboxylic acids is 1. The van der Waals surface area contributed by atoms with Crippen molar-refractivity contribution in [3.05, 3.63) is 29.9 Å². The summed E-state index contributed by atoms with van der Waals surface area (Å²) in [5.41, 5.74) is -0.144. The van der Waals surface area contributed by atoms with E-state index in [2.05, 4.69) is 10.1 Å². The van der Waals surface area contributed by atoms with E-state index in [9.17, 15) is 9.18 Å². The van der Waals surface area contributed by atoms with Gasteiger partial charge in [-0.25, -0.2) is 9.18 Å². The molecule has 0 saturated heterocycles. The normalized spacial score (nSPS) is 11.2. The Morgan fingerprint density at radius 2 is 2.08 bits per heavy atom. The summed E-state index contributed by atoms with van der Waals surface area (Å²) in [6.07, 6.45) is -0.502. The molecular weight excluding hydrogens is 317 g/mol. The Kier molecular flexibility index (Phi) is 5.06. The molecule has 0 fully saturated rings. The fourth-order valence-electron chi connectivity index (χ4n) is 1.85. The number of rotatable bonds is 4. The topological polar surface area (TPSA) is 77.7 Å². The SMILES string of the molecule is COc1ccc(-c2noc(CN(C)C(=O)OC(C)(C)C)n2)cc1F. The van der Waals surface area contributed by atoms with E-state index in [4.69, 9.17) is 14.0 Å². The average Bonchev–Trinajstić information content (AvgIpc) is 2.93. The fourth-order valence-corrected chi connectivity index (χ4v) is 1.85. The maximum Gasteiger partial charge on any atom is 0.410 e. The molecule has 0 aliphatic carbocycles. The van der Waals surface area contributed by atoms with Crippen molar-refractivity contribution >= 4 is 6.09 Å². The van der Waals surface area contributed by atoms with Crippen molar-refractivity contribution in [1.29, 1.82) is 0 Å². The number of halogens is 1. The van der Waals surface area contributed by atoms with Crippen LogP contribution in [0.3, 0.4) is 0 Å². The third kappa shape index (κ3) is 4.43. The smallest absolute Gasteiger partial charge is 0.410 e. The zero-order chi connectivity index (χ0) is 17.9. The third-order valence-corrected chi connectivity index (χ3v) is 2.96. The molecule has 1 heterocycles. The second kappa shape index (κ2) is 6.86. The van der Waals surface area contributed by atoms with Gasteiger partial charge in [0.2, 0.25) is 11.7 Å². The molecule has 0 atom stereocenters. The Bertz CT molecular complexity index is 724. The molecule has 0 spiro atoms. The molecule has 2 rings (SSSR count). The predicted octanol–water partition coefficient (Wildman–Crippen LogP) is 3.25. The zero-order valence-corrected chi connectivity index (χ0v) is 14.3. The van der Waals surface area contributed by atoms with E-state index >= 15 is 0 Å². The van der Waals surface area contributed by atoms with Crippen LogP contribution in [0.1, 0.15) is 26.7 Å². The van der Waals surface area contributed by atoms with Crippen LogP contribution in [0.5, 0.6) is 5.75 Å². The number of nitrogens with zero attached hydrogens (tertiary/aromatic N) is 3. The first kappa shape index (κ1) is 17.7. The van der Waals surface area contributed by atoms with Gasteiger partial charge in [0.25, 0.3) is 0 Å². The lowest BCUT2D eigenvalue weighted by Gasteiger charge is -2.23. The second-order valence-corrected chi connectivity index (χ2v) is 6.20. The highest BCUT2D eigenvalue weighted by molar-refractivity contribution is 5.67. The van der Waals surface area contributed by atoms with Crippen molar-refractivity contribution in [1.82, 2.24) is 15.0 Å². The third-order valence-electron chi connectivity index (χ3n) is 2.96. The number of hydrogen-bond acceptors (Lipinski definition) is 6. The molecule has 0 saturated carbocycles. The lowest BCUT2D eigenvalue weighted by Crippen LogP contribution is -2.33. The molecule has 0 aliphatic rings. The van der Waals surface area contributed by atoms with E-state index in [1.165, 1.54) is 24.1 Å². The van der Waals surface area contributed by atoms with Crippen LogP contribution in [0, 0.1) is 5.82 Å². The summed E-state index contributed by atoms with van der Waals surface area (Å²) in [7, 11) is 2.95. The number of amides is 1. The molecule has 2 aromatic rings. The largest absolute Gasteiger partial charge is 0.494 e. The predicted molar refractivity (Wildman–Crippen MR) is 83.9 cm³/mol. The van der Waals surface area contributed by atoms with E-state index < -0.39 is 17.5 Å². The summed E-state index contributed by atoms with van der Waals surface area (Å²) in [5, 5.41) is 3.80. The van der Waals surface area contributed by atoms with Gasteiger partial charge in [-0.05, 0) is 39.0 Å². The van der Waals surface area contributed by atoms with Crippen molar-refractivity contribution < 1.29 is 23.2 Å². The minimum absolute atomic E-state index is 0.0839. The quantitative estimate of drug-likeness (QED) is 0.852. The van der Waals surface area contributed by atoms with Crippen molar-refractivity contribution in [2.24, 2.45) is 0 Å². The molecule has 130 valence electrons. The Balaban J connectivity index is 2.08. The summed E-state index contributed by atoms with van der Waals surface area (Å²) in [6.45, 7) is 5.42. The van der Waals surface area contributed by atoms with Gasteiger partial charge >= 0.3 is 6.09 Å². The molecule has 0 unspecified atom stereocenters. The maximum absolute atomic E-state index is 13.7. The van der Waals surface area contributed by atoms with Crippen LogP contribution in [0.15, 0.2) is 22.7 Å². The van der Waals surface area contributed by atoms with Crippen LogP contribution in [0.2, 0.25) is 0 Å². The van der Waals surface area contributed by atoms with E-state index in [-0.39, 0.29) is 24.0 Å². The zero-order valence-electron chi connectivity index (χ0n) is 14.3. The molecule has 1 aromatic heterocycles. The van der Waals surface area contributed by atoms with Crippen molar-refractivity contribution in [3.8, 4) is 17.1 Å². The number of aromatic nitrogens is 2. The minimum atomic E-state index is -0.591. The standard InChI is InChI=1S/C16H20FN3O4/c1-16(2,3)23-15(21)20(4)9-13-18-14(19-24-13)10-6-7-12(22-5)11(17)8-10/h6-8H,9H2,1-5H3. The van der Waals surface area contributed by atoms with Gasteiger partial charge in [0.05, 0.1) is 7.11 Å². The van der Waals surface area contributed by atoms with Gasteiger partial charge < -0.3 is 18.9 Å². The van der Waals surface area contributed by atoms with Gasteiger partial charge in [-0.15, -0.1) is 0 Å². The first-order valence-electron chi connectivity index (χ1n) is 7.30. The van der Waals surface area contributed by atoms with Gasteiger partial charge in [0.15, 0.2) is 11.6 Å². The van der Waals surface area contributed by atoms with Crippen molar-refractivity contribution in [2.45, 2.75) is 32.9 Å². The molecule has 1 amide bonds. The van der Waals surface area contributed by atoms with Crippen LogP contribution in [-0.2, 0) is 11.3 Å². The first-order valence-corrected chi connectivity index (χ1v) is 7.30. The maximum atomic E-state index is 13.7. The fraction of sp³-hybridized carbons (Fsp3) is 0.438. The minimum Gasteiger partial charge on any atom is -0.494 e. The second-order valence-electron chi connectivity index (χ2n) is 6.20. The number of hydrogen-bond donors (Lipinski definition) is 0. The van der Waals surface area contributed by atoms with Gasteiger partial charge in [0, 0.05) is 12.6 Å². The Hall–Kier alpha value is -2.64. The number of ether oxygens (including phenoxy) is 2. The van der Waals surface area contributed by atoms with E-state index in [0.717, 1.165) is 0 Å². The summed E-state index contributed by atoms with van der Waals surface area (Å²) in [6, 6.07) is 4.35. The average molecular weight is 337 g/mol. The molecule has 0 aliphatic heterocycles. The molecular formula is C16H20FN3O4. The number of methoxy groups -OCH3 is 1. The molecule has 8 heteroatoms. The van der Waals surface area contributed by atoms with E-state index in [0.29, 0.717) is 5.56 Å². The Morgan fingerprint density at radius 3 is 2.67 bits per heavy atom. The Morgan fingerprint density at radius 1 is 1.38 bits per heavy atom. The highest BCUT2D eigenvalue weighted by Gasteiger charge is 2.21. The number of benzene rings is 1. The van der Waals surface area contributed by atoms with E-state index in [1.807, 2.05) is 0 Å². The van der Waals surface area contributed by atoms with Crippen LogP contribution < -0.4 is 4.74 Å². The number of carbonyl (C=O) groups is 1. The Labute approximate surface area is 139 Å². The molecule has 0 N–H and O–H groups in total. The summed E-state index contributed by atoms with van der Waals surface area (Å²) >= 11 is 0. The van der Waals surface area contributed by atoms with Gasteiger partial charge in [-0.3, -0.25) is 0 Å². The van der Waals surface area contributed by atoms with Gasteiger partial charge in [-0.2, -0.15) is 4.98 Å². The highest BCUT2D eigenvalue weighted by Crippen LogP contribution is 2.23. The molecule has 7 nitrogen and oxygen atoms in total. The van der Waals surface area contributed by atoms with Crippen LogP contribution in [0.4, 0.5) is 9.18 Å². The molecule has 24 heavy (non-hydrogen) atoms. The summed E-state index contributed by atoms with van der Waals surface area (Å²) < 4.78 is 28.9. The summed E-state index contributed by atoms with van der Waals surface area (Å²) in [5.74, 6) is 0.0538. The molecule has 0 radical (unpaired) electrons. The lowest BCUT2D eigenvalue weighted by molar-refractivity contribution is 0.0268. The van der Waals surface area contributed by atoms with Crippen LogP contribution >= 0.6 is 0 Å². The molecule has 1 aromatic carbocycles. The van der Waals surface area contributed by atoms with Gasteiger partial charge in [-0.1, -0.05) is 5.16 Å². The summed E-state index contributed by atoms with van der Waals surface area (Å²) in [4.78, 5) is 17.4. The van der Waals surface area contributed by atoms with Crippen molar-refractivity contribution in [3.63, 3.8) is 0 Å². The van der Waals surface area contributed by atoms with Crippen LogP contribution in [0.25, 0.3) is 11.4 Å². The van der Waals surface area contributed by atoms with E-state index in [1.54, 1.807) is 33.9 Å².